The molecule has 1 saturated heterocycles. The van der Waals surface area contributed by atoms with Crippen LogP contribution in [0.3, 0.4) is 0 Å². The van der Waals surface area contributed by atoms with Gasteiger partial charge in [-0.15, -0.1) is 0 Å². The van der Waals surface area contributed by atoms with Gasteiger partial charge in [0.1, 0.15) is 6.04 Å². The van der Waals surface area contributed by atoms with Gasteiger partial charge in [-0.05, 0) is 39.5 Å². The standard InChI is InChI=1S/C15H28N2O3/c1-6-9(2)13(15(19)20)16-14(18)12(5)17-10(3)7-8-11(17)4/h9-13H,6-8H2,1-5H3,(H,16,18)(H,19,20)/t9-,10?,11?,12?,13-/m0/s1. The Bertz CT molecular complexity index is 349. The lowest BCUT2D eigenvalue weighted by molar-refractivity contribution is -0.144. The fourth-order valence-corrected chi connectivity index (χ4v) is 3.07. The van der Waals surface area contributed by atoms with Gasteiger partial charge in [-0.2, -0.15) is 0 Å². The first kappa shape index (κ1) is 17.0. The molecule has 1 aliphatic heterocycles. The van der Waals surface area contributed by atoms with E-state index in [4.69, 9.17) is 0 Å². The molecule has 0 spiro atoms. The molecule has 5 atom stereocenters. The molecule has 116 valence electrons. The van der Waals surface area contributed by atoms with E-state index in [2.05, 4.69) is 24.1 Å². The summed E-state index contributed by atoms with van der Waals surface area (Å²) in [6.45, 7) is 9.89. The molecular formula is C15H28N2O3. The number of carboxylic acid groups (broad SMARTS) is 1. The SMILES string of the molecule is CC[C@H](C)[C@H](NC(=O)C(C)N1C(C)CCC1C)C(=O)O. The quantitative estimate of drug-likeness (QED) is 0.781. The summed E-state index contributed by atoms with van der Waals surface area (Å²) in [5, 5.41) is 12.0. The average Bonchev–Trinajstić information content (AvgIpc) is 2.73. The van der Waals surface area contributed by atoms with Crippen LogP contribution in [0.2, 0.25) is 0 Å². The highest BCUT2D eigenvalue weighted by atomic mass is 16.4. The van der Waals surface area contributed by atoms with Gasteiger partial charge in [0.05, 0.1) is 6.04 Å². The van der Waals surface area contributed by atoms with E-state index in [1.54, 1.807) is 0 Å². The molecular weight excluding hydrogens is 256 g/mol. The summed E-state index contributed by atoms with van der Waals surface area (Å²) in [6.07, 6.45) is 2.90. The van der Waals surface area contributed by atoms with Crippen molar-refractivity contribution in [3.05, 3.63) is 0 Å². The molecule has 0 aliphatic carbocycles. The molecule has 0 aromatic carbocycles. The largest absolute Gasteiger partial charge is 0.480 e. The lowest BCUT2D eigenvalue weighted by Crippen LogP contribution is -2.54. The lowest BCUT2D eigenvalue weighted by Gasteiger charge is -2.32. The first-order chi connectivity index (χ1) is 9.29. The Kier molecular flexibility index (Phi) is 5.99. The van der Waals surface area contributed by atoms with Gasteiger partial charge in [0.15, 0.2) is 0 Å². The van der Waals surface area contributed by atoms with E-state index >= 15 is 0 Å². The highest BCUT2D eigenvalue weighted by Gasteiger charge is 2.36. The van der Waals surface area contributed by atoms with Gasteiger partial charge in [-0.3, -0.25) is 9.69 Å². The summed E-state index contributed by atoms with van der Waals surface area (Å²) in [5.74, 6) is -1.21. The van der Waals surface area contributed by atoms with Crippen molar-refractivity contribution in [2.24, 2.45) is 5.92 Å². The van der Waals surface area contributed by atoms with E-state index < -0.39 is 12.0 Å². The fourth-order valence-electron chi connectivity index (χ4n) is 3.07. The van der Waals surface area contributed by atoms with Crippen LogP contribution in [-0.2, 0) is 9.59 Å². The number of nitrogens with zero attached hydrogens (tertiary/aromatic N) is 1. The topological polar surface area (TPSA) is 69.6 Å². The van der Waals surface area contributed by atoms with Gasteiger partial charge in [-0.1, -0.05) is 20.3 Å². The fraction of sp³-hybridized carbons (Fsp3) is 0.867. The number of nitrogens with one attached hydrogen (secondary N) is 1. The number of carbonyl (C=O) groups excluding carboxylic acids is 1. The molecule has 1 fully saturated rings. The third-order valence-corrected chi connectivity index (χ3v) is 4.62. The molecule has 0 bridgehead atoms. The Morgan fingerprint density at radius 2 is 1.75 bits per heavy atom. The monoisotopic (exact) mass is 284 g/mol. The van der Waals surface area contributed by atoms with E-state index in [1.807, 2.05) is 20.8 Å². The molecule has 0 radical (unpaired) electrons. The molecule has 5 heteroatoms. The van der Waals surface area contributed by atoms with E-state index in [1.165, 1.54) is 0 Å². The van der Waals surface area contributed by atoms with Gasteiger partial charge >= 0.3 is 5.97 Å². The second kappa shape index (κ2) is 7.07. The number of amides is 1. The highest BCUT2D eigenvalue weighted by molar-refractivity contribution is 5.86. The molecule has 0 aromatic heterocycles. The summed E-state index contributed by atoms with van der Waals surface area (Å²) in [6, 6.07) is -0.341. The number of carbonyl (C=O) groups is 2. The van der Waals surface area contributed by atoms with Gasteiger partial charge in [0, 0.05) is 12.1 Å². The lowest BCUT2D eigenvalue weighted by atomic mass is 9.99. The summed E-state index contributed by atoms with van der Waals surface area (Å²) in [5.41, 5.74) is 0. The third kappa shape index (κ3) is 3.72. The van der Waals surface area contributed by atoms with Gasteiger partial charge in [0.25, 0.3) is 0 Å². The average molecular weight is 284 g/mol. The number of carboxylic acids is 1. The Hall–Kier alpha value is -1.10. The Labute approximate surface area is 121 Å². The smallest absolute Gasteiger partial charge is 0.326 e. The minimum atomic E-state index is -0.956. The van der Waals surface area contributed by atoms with Crippen molar-refractivity contribution in [1.29, 1.82) is 0 Å². The number of hydrogen-bond donors (Lipinski definition) is 2. The summed E-state index contributed by atoms with van der Waals surface area (Å²) in [7, 11) is 0. The number of aliphatic carboxylic acids is 1. The minimum Gasteiger partial charge on any atom is -0.480 e. The van der Waals surface area contributed by atoms with Gasteiger partial charge in [-0.25, -0.2) is 4.79 Å². The van der Waals surface area contributed by atoms with Crippen LogP contribution >= 0.6 is 0 Å². The van der Waals surface area contributed by atoms with Gasteiger partial charge < -0.3 is 10.4 Å². The molecule has 1 heterocycles. The Morgan fingerprint density at radius 1 is 1.25 bits per heavy atom. The number of rotatable bonds is 6. The molecule has 1 amide bonds. The van der Waals surface area contributed by atoms with E-state index in [9.17, 15) is 14.7 Å². The first-order valence-corrected chi connectivity index (χ1v) is 7.60. The van der Waals surface area contributed by atoms with E-state index in [0.717, 1.165) is 19.3 Å². The second-order valence-corrected chi connectivity index (χ2v) is 6.11. The minimum absolute atomic E-state index is 0.0722. The molecule has 3 unspecified atom stereocenters. The van der Waals surface area contributed by atoms with Crippen molar-refractivity contribution >= 4 is 11.9 Å². The van der Waals surface area contributed by atoms with Crippen LogP contribution in [0.25, 0.3) is 0 Å². The maximum Gasteiger partial charge on any atom is 0.326 e. The van der Waals surface area contributed by atoms with Crippen LogP contribution in [0.5, 0.6) is 0 Å². The predicted octanol–water partition coefficient (Wildman–Crippen LogP) is 1.86. The van der Waals surface area contributed by atoms with Crippen molar-refractivity contribution < 1.29 is 14.7 Å². The van der Waals surface area contributed by atoms with Crippen LogP contribution in [0, 0.1) is 5.92 Å². The normalized spacial score (nSPS) is 27.9. The van der Waals surface area contributed by atoms with Crippen molar-refractivity contribution in [2.45, 2.75) is 78.0 Å². The predicted molar refractivity (Wildman–Crippen MR) is 78.5 cm³/mol. The second-order valence-electron chi connectivity index (χ2n) is 6.11. The summed E-state index contributed by atoms with van der Waals surface area (Å²) < 4.78 is 0. The summed E-state index contributed by atoms with van der Waals surface area (Å²) in [4.78, 5) is 25.8. The number of likely N-dealkylation sites (tertiary alicyclic amines) is 1. The van der Waals surface area contributed by atoms with Crippen molar-refractivity contribution in [1.82, 2.24) is 10.2 Å². The third-order valence-electron chi connectivity index (χ3n) is 4.62. The highest BCUT2D eigenvalue weighted by Crippen LogP contribution is 2.26. The van der Waals surface area contributed by atoms with Crippen LogP contribution in [0.15, 0.2) is 0 Å². The zero-order chi connectivity index (χ0) is 15.4. The van der Waals surface area contributed by atoms with Crippen molar-refractivity contribution in [2.75, 3.05) is 0 Å². The summed E-state index contributed by atoms with van der Waals surface area (Å²) >= 11 is 0. The molecule has 1 aliphatic rings. The zero-order valence-corrected chi connectivity index (χ0v) is 13.2. The van der Waals surface area contributed by atoms with Crippen LogP contribution in [0.1, 0.15) is 53.9 Å². The van der Waals surface area contributed by atoms with Crippen LogP contribution < -0.4 is 5.32 Å². The molecule has 0 aromatic rings. The number of hydrogen-bond acceptors (Lipinski definition) is 3. The maximum atomic E-state index is 12.3. The molecule has 20 heavy (non-hydrogen) atoms. The zero-order valence-electron chi connectivity index (χ0n) is 13.2. The van der Waals surface area contributed by atoms with Crippen LogP contribution in [-0.4, -0.2) is 46.1 Å². The van der Waals surface area contributed by atoms with Gasteiger partial charge in [0.2, 0.25) is 5.91 Å². The van der Waals surface area contributed by atoms with Crippen molar-refractivity contribution in [3.8, 4) is 0 Å². The molecule has 2 N–H and O–H groups in total. The molecule has 1 rings (SSSR count). The molecule has 0 saturated carbocycles. The first-order valence-electron chi connectivity index (χ1n) is 7.60. The van der Waals surface area contributed by atoms with Crippen molar-refractivity contribution in [3.63, 3.8) is 0 Å². The molecule has 5 nitrogen and oxygen atoms in total. The van der Waals surface area contributed by atoms with E-state index in [0.29, 0.717) is 12.1 Å². The van der Waals surface area contributed by atoms with Crippen LogP contribution in [0.4, 0.5) is 0 Å². The maximum absolute atomic E-state index is 12.3. The Morgan fingerprint density at radius 3 is 2.15 bits per heavy atom. The van der Waals surface area contributed by atoms with E-state index in [-0.39, 0.29) is 17.9 Å². The Balaban J connectivity index is 2.71.